The Hall–Kier alpha value is 1.35. The molecule has 4 heavy (non-hydrogen) atoms. The van der Waals surface area contributed by atoms with Gasteiger partial charge in [-0.3, -0.25) is 5.75 Å². The Bertz CT molecular complexity index is 6.00. The summed E-state index contributed by atoms with van der Waals surface area (Å²) in [6.07, 6.45) is 0. The molecule has 0 heterocycles. The van der Waals surface area contributed by atoms with Gasteiger partial charge in [-0.1, -0.05) is 0 Å². The number of thiol groups is 1. The molecular weight excluding hydrogens is 79.1 g/mol. The fourth-order valence-corrected chi connectivity index (χ4v) is 0. The van der Waals surface area contributed by atoms with E-state index in [1.807, 2.05) is 6.92 Å². The van der Waals surface area contributed by atoms with E-state index < -0.39 is 0 Å². The molecule has 20 valence electrons. The molecule has 0 saturated carbocycles. The first kappa shape index (κ1) is 9.02. The van der Waals surface area contributed by atoms with Gasteiger partial charge >= 0.3 is 29.6 Å². The largest absolute Gasteiger partial charge is 1.00 e. The van der Waals surface area contributed by atoms with E-state index in [1.165, 1.54) is 0 Å². The minimum absolute atomic E-state index is 0. The van der Waals surface area contributed by atoms with Crippen molar-refractivity contribution < 1.29 is 29.6 Å². The fraction of sp³-hybridized carbons (Fsp3) is 0.500. The predicted molar refractivity (Wildman–Crippen MR) is 19.0 cm³/mol. The third kappa shape index (κ3) is 10.2. The Morgan fingerprint density at radius 3 is 1.75 bits per heavy atom. The van der Waals surface area contributed by atoms with Crippen molar-refractivity contribution in [2.24, 2.45) is 0 Å². The summed E-state index contributed by atoms with van der Waals surface area (Å²) in [4.78, 5) is 0. The molecule has 0 bridgehead atoms. The molecule has 0 aliphatic carbocycles. The van der Waals surface area contributed by atoms with Gasteiger partial charge in [0.15, 0.2) is 0 Å². The fourth-order valence-electron chi connectivity index (χ4n) is 0. The summed E-state index contributed by atoms with van der Waals surface area (Å²) in [7, 11) is 0. The van der Waals surface area contributed by atoms with Crippen molar-refractivity contribution >= 4 is 12.6 Å². The average Bonchev–Trinajstić information content (AvgIpc) is 0.918. The van der Waals surface area contributed by atoms with Crippen molar-refractivity contribution in [1.82, 2.24) is 0 Å². The molecule has 0 aromatic rings. The second-order valence-corrected chi connectivity index (χ2v) is 0.775. The molecule has 0 atom stereocenters. The van der Waals surface area contributed by atoms with Crippen LogP contribution in [0, 0.1) is 5.75 Å². The predicted octanol–water partition coefficient (Wildman–Crippen LogP) is -1.90. The number of hydrogen-bond acceptors (Lipinski definition) is 1. The zero-order chi connectivity index (χ0) is 2.71. The van der Waals surface area contributed by atoms with E-state index in [1.54, 1.807) is 5.75 Å². The summed E-state index contributed by atoms with van der Waals surface area (Å²) in [5, 5.41) is 0. The maximum Gasteiger partial charge on any atom is 1.00 e. The Balaban J connectivity index is 0. The smallest absolute Gasteiger partial charge is 0.369 e. The van der Waals surface area contributed by atoms with Crippen LogP contribution < -0.4 is 29.6 Å². The molecule has 0 N–H and O–H groups in total. The molecule has 0 radical (unpaired) electrons. The van der Waals surface area contributed by atoms with Crippen molar-refractivity contribution in [2.75, 3.05) is 0 Å². The van der Waals surface area contributed by atoms with Gasteiger partial charge in [0.2, 0.25) is 0 Å². The molecule has 0 aromatic carbocycles. The van der Waals surface area contributed by atoms with E-state index in [0.29, 0.717) is 0 Å². The topological polar surface area (TPSA) is 0 Å². The van der Waals surface area contributed by atoms with Crippen LogP contribution in [0.15, 0.2) is 0 Å². The summed E-state index contributed by atoms with van der Waals surface area (Å²) in [6.45, 7) is 1.86. The van der Waals surface area contributed by atoms with E-state index in [-0.39, 0.29) is 29.6 Å². The molecule has 0 aliphatic rings. The van der Waals surface area contributed by atoms with Crippen LogP contribution >= 0.6 is 12.6 Å². The quantitative estimate of drug-likeness (QED) is 0.198. The standard InChI is InChI=1S/C2H5S.Na/c1-2-3;/h2-3H,1H3;/q-1;+1. The number of hydrogen-bond donors (Lipinski definition) is 1. The summed E-state index contributed by atoms with van der Waals surface area (Å²) < 4.78 is 0. The SMILES string of the molecule is C[CH-]S.[Na+]. The van der Waals surface area contributed by atoms with Crippen LogP contribution in [0.25, 0.3) is 0 Å². The van der Waals surface area contributed by atoms with Crippen LogP contribution in [-0.4, -0.2) is 0 Å². The van der Waals surface area contributed by atoms with E-state index >= 15 is 0 Å². The maximum atomic E-state index is 3.66. The van der Waals surface area contributed by atoms with E-state index in [9.17, 15) is 0 Å². The summed E-state index contributed by atoms with van der Waals surface area (Å²) >= 11 is 3.66. The van der Waals surface area contributed by atoms with Gasteiger partial charge in [-0.2, -0.15) is 6.92 Å². The zero-order valence-electron chi connectivity index (χ0n) is 3.02. The molecule has 0 aromatic heterocycles. The normalized spacial score (nSPS) is 4.50. The van der Waals surface area contributed by atoms with Gasteiger partial charge in [-0.05, 0) is 0 Å². The van der Waals surface area contributed by atoms with Crippen LogP contribution in [0.5, 0.6) is 0 Å². The molecule has 0 spiro atoms. The minimum atomic E-state index is 0. The van der Waals surface area contributed by atoms with Gasteiger partial charge < -0.3 is 12.6 Å². The van der Waals surface area contributed by atoms with Gasteiger partial charge in [0.05, 0.1) is 0 Å². The van der Waals surface area contributed by atoms with Crippen molar-refractivity contribution in [3.8, 4) is 0 Å². The first-order valence-corrected chi connectivity index (χ1v) is 1.35. The van der Waals surface area contributed by atoms with Crippen molar-refractivity contribution in [1.29, 1.82) is 0 Å². The first-order valence-electron chi connectivity index (χ1n) is 0.836. The third-order valence-electron chi connectivity index (χ3n) is 0. The third-order valence-corrected chi connectivity index (χ3v) is 0. The molecule has 0 amide bonds. The van der Waals surface area contributed by atoms with Crippen LogP contribution in [-0.2, 0) is 0 Å². The molecule has 0 nitrogen and oxygen atoms in total. The summed E-state index contributed by atoms with van der Waals surface area (Å²) in [5.74, 6) is 1.69. The second kappa shape index (κ2) is 8.84. The Morgan fingerprint density at radius 1 is 1.75 bits per heavy atom. The second-order valence-electron chi connectivity index (χ2n) is 0.258. The van der Waals surface area contributed by atoms with Crippen LogP contribution in [0.1, 0.15) is 6.92 Å². The van der Waals surface area contributed by atoms with Crippen molar-refractivity contribution in [2.45, 2.75) is 6.92 Å². The van der Waals surface area contributed by atoms with Gasteiger partial charge in [0.1, 0.15) is 0 Å². The van der Waals surface area contributed by atoms with Crippen LogP contribution in [0.3, 0.4) is 0 Å². The molecule has 0 saturated heterocycles. The molecular formula is C2H5NaS. The van der Waals surface area contributed by atoms with Gasteiger partial charge in [-0.15, -0.1) is 0 Å². The minimum Gasteiger partial charge on any atom is -0.369 e. The Morgan fingerprint density at radius 2 is 1.75 bits per heavy atom. The average molecular weight is 84.1 g/mol. The van der Waals surface area contributed by atoms with Crippen LogP contribution in [0.2, 0.25) is 0 Å². The zero-order valence-corrected chi connectivity index (χ0v) is 5.92. The molecule has 0 fully saturated rings. The van der Waals surface area contributed by atoms with Crippen LogP contribution in [0.4, 0.5) is 0 Å². The maximum absolute atomic E-state index is 3.66. The van der Waals surface area contributed by atoms with E-state index in [0.717, 1.165) is 0 Å². The Labute approximate surface area is 54.7 Å². The van der Waals surface area contributed by atoms with Gasteiger partial charge in [0, 0.05) is 0 Å². The summed E-state index contributed by atoms with van der Waals surface area (Å²) in [6, 6.07) is 0. The van der Waals surface area contributed by atoms with Gasteiger partial charge in [0.25, 0.3) is 0 Å². The van der Waals surface area contributed by atoms with E-state index in [2.05, 4.69) is 12.6 Å². The first-order chi connectivity index (χ1) is 1.41. The van der Waals surface area contributed by atoms with Gasteiger partial charge in [-0.25, -0.2) is 0 Å². The molecule has 0 aliphatic heterocycles. The monoisotopic (exact) mass is 84.0 g/mol. The van der Waals surface area contributed by atoms with Crippen molar-refractivity contribution in [3.63, 3.8) is 0 Å². The molecule has 2 heteroatoms. The van der Waals surface area contributed by atoms with Crippen molar-refractivity contribution in [3.05, 3.63) is 5.75 Å². The van der Waals surface area contributed by atoms with E-state index in [4.69, 9.17) is 0 Å². The summed E-state index contributed by atoms with van der Waals surface area (Å²) in [5.41, 5.74) is 0. The molecule has 0 rings (SSSR count). The number of rotatable bonds is 0. The molecule has 0 unspecified atom stereocenters. The Kier molecular flexibility index (Phi) is 19.9.